The van der Waals surface area contributed by atoms with Crippen molar-refractivity contribution in [2.45, 2.75) is 11.9 Å². The molecule has 0 aromatic heterocycles. The van der Waals surface area contributed by atoms with E-state index in [1.54, 1.807) is 6.07 Å². The standard InChI is InChI=1S/C12H15FO4S/c1-17-12(16)10-3-2-8(4-11(10)13)6-18-7-9(15)5-14/h2-4,9,14-15H,5-7H2,1H3. The van der Waals surface area contributed by atoms with Crippen LogP contribution in [-0.2, 0) is 10.5 Å². The predicted molar refractivity (Wildman–Crippen MR) is 67.0 cm³/mol. The zero-order valence-electron chi connectivity index (χ0n) is 9.93. The molecule has 1 aromatic carbocycles. The molecule has 0 heterocycles. The van der Waals surface area contributed by atoms with Crippen LogP contribution < -0.4 is 0 Å². The minimum atomic E-state index is -0.769. The van der Waals surface area contributed by atoms with Gasteiger partial charge in [0.25, 0.3) is 0 Å². The van der Waals surface area contributed by atoms with Gasteiger partial charge in [0.2, 0.25) is 0 Å². The predicted octanol–water partition coefficient (Wildman–Crippen LogP) is 1.20. The van der Waals surface area contributed by atoms with Crippen molar-refractivity contribution >= 4 is 17.7 Å². The molecule has 1 unspecified atom stereocenters. The van der Waals surface area contributed by atoms with E-state index in [0.29, 0.717) is 17.1 Å². The number of carbonyl (C=O) groups is 1. The van der Waals surface area contributed by atoms with Crippen LogP contribution in [0.1, 0.15) is 15.9 Å². The van der Waals surface area contributed by atoms with E-state index in [1.807, 2.05) is 0 Å². The van der Waals surface area contributed by atoms with Crippen LogP contribution in [0.5, 0.6) is 0 Å². The Balaban J connectivity index is 2.59. The minimum absolute atomic E-state index is 0.0957. The monoisotopic (exact) mass is 274 g/mol. The maximum absolute atomic E-state index is 13.5. The number of aliphatic hydroxyl groups is 2. The van der Waals surface area contributed by atoms with Gasteiger partial charge in [-0.3, -0.25) is 0 Å². The Morgan fingerprint density at radius 2 is 2.28 bits per heavy atom. The van der Waals surface area contributed by atoms with Crippen molar-refractivity contribution in [2.75, 3.05) is 19.5 Å². The Hall–Kier alpha value is -1.11. The van der Waals surface area contributed by atoms with Gasteiger partial charge in [-0.15, -0.1) is 0 Å². The fourth-order valence-corrected chi connectivity index (χ4v) is 2.20. The van der Waals surface area contributed by atoms with Crippen LogP contribution >= 0.6 is 11.8 Å². The van der Waals surface area contributed by atoms with E-state index < -0.39 is 17.9 Å². The summed E-state index contributed by atoms with van der Waals surface area (Å²) in [6, 6.07) is 4.28. The van der Waals surface area contributed by atoms with E-state index in [-0.39, 0.29) is 12.2 Å². The smallest absolute Gasteiger partial charge is 0.340 e. The second kappa shape index (κ2) is 7.35. The second-order valence-corrected chi connectivity index (χ2v) is 4.69. The lowest BCUT2D eigenvalue weighted by Crippen LogP contribution is -2.14. The van der Waals surface area contributed by atoms with E-state index in [0.717, 1.165) is 0 Å². The molecule has 0 aliphatic carbocycles. The van der Waals surface area contributed by atoms with E-state index >= 15 is 0 Å². The van der Waals surface area contributed by atoms with Crippen molar-refractivity contribution in [3.63, 3.8) is 0 Å². The average Bonchev–Trinajstić information content (AvgIpc) is 2.37. The van der Waals surface area contributed by atoms with Crippen molar-refractivity contribution in [3.05, 3.63) is 35.1 Å². The number of hydrogen-bond donors (Lipinski definition) is 2. The summed E-state index contributed by atoms with van der Waals surface area (Å²) in [5.74, 6) is -0.461. The van der Waals surface area contributed by atoms with Crippen LogP contribution in [0.15, 0.2) is 18.2 Å². The van der Waals surface area contributed by atoms with Crippen LogP contribution in [0.3, 0.4) is 0 Å². The average molecular weight is 274 g/mol. The van der Waals surface area contributed by atoms with Gasteiger partial charge in [0, 0.05) is 11.5 Å². The Bertz CT molecular complexity index is 411. The lowest BCUT2D eigenvalue weighted by atomic mass is 10.1. The summed E-state index contributed by atoms with van der Waals surface area (Å²) < 4.78 is 18.0. The molecule has 0 fully saturated rings. The molecule has 0 radical (unpaired) electrons. The number of benzene rings is 1. The van der Waals surface area contributed by atoms with Gasteiger partial charge >= 0.3 is 5.97 Å². The molecule has 0 aliphatic rings. The lowest BCUT2D eigenvalue weighted by molar-refractivity contribution is 0.0595. The molecule has 1 aromatic rings. The number of methoxy groups -OCH3 is 1. The summed E-state index contributed by atoms with van der Waals surface area (Å²) >= 11 is 1.37. The van der Waals surface area contributed by atoms with E-state index in [4.69, 9.17) is 10.2 Å². The highest BCUT2D eigenvalue weighted by molar-refractivity contribution is 7.98. The number of aliphatic hydroxyl groups excluding tert-OH is 2. The number of rotatable bonds is 6. The molecule has 18 heavy (non-hydrogen) atoms. The molecule has 100 valence electrons. The summed E-state index contributed by atoms with van der Waals surface area (Å²) in [6.07, 6.45) is -0.769. The Kier molecular flexibility index (Phi) is 6.11. The first-order chi connectivity index (χ1) is 8.58. The van der Waals surface area contributed by atoms with Gasteiger partial charge in [-0.05, 0) is 17.7 Å². The summed E-state index contributed by atoms with van der Waals surface area (Å²) in [5, 5.41) is 17.8. The molecule has 0 aliphatic heterocycles. The topological polar surface area (TPSA) is 66.8 Å². The van der Waals surface area contributed by atoms with Crippen molar-refractivity contribution in [1.29, 1.82) is 0 Å². The molecule has 2 N–H and O–H groups in total. The highest BCUT2D eigenvalue weighted by Gasteiger charge is 2.12. The van der Waals surface area contributed by atoms with Crippen molar-refractivity contribution < 1.29 is 24.1 Å². The largest absolute Gasteiger partial charge is 0.465 e. The van der Waals surface area contributed by atoms with Gasteiger partial charge in [-0.25, -0.2) is 9.18 Å². The lowest BCUT2D eigenvalue weighted by Gasteiger charge is -2.07. The SMILES string of the molecule is COC(=O)c1ccc(CSCC(O)CO)cc1F. The number of esters is 1. The number of halogens is 1. The first kappa shape index (κ1) is 14.9. The number of ether oxygens (including phenoxy) is 1. The van der Waals surface area contributed by atoms with Crippen LogP contribution in [0.25, 0.3) is 0 Å². The molecule has 0 saturated heterocycles. The zero-order valence-corrected chi connectivity index (χ0v) is 10.7. The second-order valence-electron chi connectivity index (χ2n) is 3.66. The number of carbonyl (C=O) groups excluding carboxylic acids is 1. The normalized spacial score (nSPS) is 12.2. The Morgan fingerprint density at radius 1 is 1.56 bits per heavy atom. The summed E-state index contributed by atoms with van der Waals surface area (Å²) in [4.78, 5) is 11.2. The molecule has 1 rings (SSSR count). The Morgan fingerprint density at radius 3 is 2.83 bits per heavy atom. The molecule has 6 heteroatoms. The summed E-state index contributed by atoms with van der Waals surface area (Å²) in [5.41, 5.74) is 0.608. The van der Waals surface area contributed by atoms with E-state index in [9.17, 15) is 9.18 Å². The van der Waals surface area contributed by atoms with Crippen molar-refractivity contribution in [2.24, 2.45) is 0 Å². The molecule has 4 nitrogen and oxygen atoms in total. The molecule has 0 amide bonds. The van der Waals surface area contributed by atoms with Gasteiger partial charge < -0.3 is 14.9 Å². The van der Waals surface area contributed by atoms with Gasteiger partial charge in [0.1, 0.15) is 5.82 Å². The quantitative estimate of drug-likeness (QED) is 0.763. The fourth-order valence-electron chi connectivity index (χ4n) is 1.29. The summed E-state index contributed by atoms with van der Waals surface area (Å²) in [7, 11) is 1.20. The van der Waals surface area contributed by atoms with Crippen LogP contribution in [-0.4, -0.2) is 41.8 Å². The molecule has 1 atom stereocenters. The first-order valence-corrected chi connectivity index (χ1v) is 6.47. The number of thioether (sulfide) groups is 1. The number of hydrogen-bond acceptors (Lipinski definition) is 5. The van der Waals surface area contributed by atoms with Crippen molar-refractivity contribution in [1.82, 2.24) is 0 Å². The Labute approximate surface area is 109 Å². The first-order valence-electron chi connectivity index (χ1n) is 5.32. The molecular weight excluding hydrogens is 259 g/mol. The van der Waals surface area contributed by atoms with E-state index in [2.05, 4.69) is 4.74 Å². The van der Waals surface area contributed by atoms with Gasteiger partial charge in [-0.2, -0.15) is 11.8 Å². The molecule has 0 saturated carbocycles. The highest BCUT2D eigenvalue weighted by atomic mass is 32.2. The molecule has 0 spiro atoms. The third-order valence-corrected chi connectivity index (χ3v) is 3.39. The maximum atomic E-state index is 13.5. The highest BCUT2D eigenvalue weighted by Crippen LogP contribution is 2.17. The van der Waals surface area contributed by atoms with Crippen LogP contribution in [0.2, 0.25) is 0 Å². The van der Waals surface area contributed by atoms with E-state index in [1.165, 1.54) is 31.0 Å². The fraction of sp³-hybridized carbons (Fsp3) is 0.417. The van der Waals surface area contributed by atoms with Gasteiger partial charge in [0.05, 0.1) is 25.4 Å². The van der Waals surface area contributed by atoms with Gasteiger partial charge in [-0.1, -0.05) is 6.07 Å². The van der Waals surface area contributed by atoms with Crippen molar-refractivity contribution in [3.8, 4) is 0 Å². The third-order valence-electron chi connectivity index (χ3n) is 2.23. The minimum Gasteiger partial charge on any atom is -0.465 e. The molecular formula is C12H15FO4S. The maximum Gasteiger partial charge on any atom is 0.340 e. The zero-order chi connectivity index (χ0) is 13.5. The van der Waals surface area contributed by atoms with Gasteiger partial charge in [0.15, 0.2) is 0 Å². The molecule has 0 bridgehead atoms. The van der Waals surface area contributed by atoms with Crippen LogP contribution in [0.4, 0.5) is 4.39 Å². The van der Waals surface area contributed by atoms with Crippen LogP contribution in [0, 0.1) is 5.82 Å². The summed E-state index contributed by atoms with van der Waals surface area (Å²) in [6.45, 7) is -0.289. The third kappa shape index (κ3) is 4.29.